The van der Waals surface area contributed by atoms with Crippen LogP contribution >= 0.6 is 11.3 Å². The van der Waals surface area contributed by atoms with Crippen LogP contribution < -0.4 is 0 Å². The number of aromatic nitrogens is 6. The molecule has 23 heavy (non-hydrogen) atoms. The lowest BCUT2D eigenvalue weighted by atomic mass is 10.1. The fraction of sp³-hybridized carbons (Fsp3) is 0.250. The fourth-order valence-electron chi connectivity index (χ4n) is 2.41. The van der Waals surface area contributed by atoms with Crippen molar-refractivity contribution < 1.29 is 0 Å². The summed E-state index contributed by atoms with van der Waals surface area (Å²) in [5, 5.41) is 21.5. The van der Waals surface area contributed by atoms with Gasteiger partial charge in [0, 0.05) is 12.1 Å². The van der Waals surface area contributed by atoms with Gasteiger partial charge in [0.05, 0.1) is 0 Å². The third-order valence-electron chi connectivity index (χ3n) is 3.68. The summed E-state index contributed by atoms with van der Waals surface area (Å²) in [5.74, 6) is 1.07. The van der Waals surface area contributed by atoms with Gasteiger partial charge in [-0.3, -0.25) is 5.10 Å². The van der Waals surface area contributed by atoms with E-state index < -0.39 is 0 Å². The monoisotopic (exact) mass is 324 g/mol. The molecule has 116 valence electrons. The van der Waals surface area contributed by atoms with E-state index in [0.29, 0.717) is 11.7 Å². The molecule has 0 amide bonds. The highest BCUT2D eigenvalue weighted by atomic mass is 32.1. The number of hydrogen-bond donors (Lipinski definition) is 1. The molecule has 1 N–H and O–H groups in total. The van der Waals surface area contributed by atoms with Gasteiger partial charge in [-0.05, 0) is 17.5 Å². The molecule has 4 aromatic rings. The van der Waals surface area contributed by atoms with Gasteiger partial charge in [-0.2, -0.15) is 14.7 Å². The van der Waals surface area contributed by atoms with Crippen LogP contribution in [0.2, 0.25) is 0 Å². The van der Waals surface area contributed by atoms with Gasteiger partial charge in [0.2, 0.25) is 10.8 Å². The minimum Gasteiger partial charge on any atom is -0.282 e. The van der Waals surface area contributed by atoms with Crippen molar-refractivity contribution in [3.63, 3.8) is 0 Å². The second-order valence-corrected chi connectivity index (χ2v) is 6.78. The van der Waals surface area contributed by atoms with Crippen LogP contribution in [0.3, 0.4) is 0 Å². The summed E-state index contributed by atoms with van der Waals surface area (Å²) in [6.45, 7) is 4.25. The van der Waals surface area contributed by atoms with E-state index in [0.717, 1.165) is 27.8 Å². The molecule has 4 rings (SSSR count). The SMILES string of the molecule is CC(C)c1cc(-c2nnc3sc(Cc4ccccc4)nn23)n[nH]1. The first-order valence-corrected chi connectivity index (χ1v) is 8.33. The van der Waals surface area contributed by atoms with Crippen LogP contribution in [-0.2, 0) is 6.42 Å². The Balaban J connectivity index is 1.69. The van der Waals surface area contributed by atoms with E-state index in [1.54, 1.807) is 15.9 Å². The zero-order valence-corrected chi connectivity index (χ0v) is 13.7. The minimum atomic E-state index is 0.392. The molecule has 0 aliphatic rings. The van der Waals surface area contributed by atoms with E-state index >= 15 is 0 Å². The van der Waals surface area contributed by atoms with E-state index in [2.05, 4.69) is 51.5 Å². The number of fused-ring (bicyclic) bond motifs is 1. The molecule has 0 radical (unpaired) electrons. The van der Waals surface area contributed by atoms with Gasteiger partial charge in [-0.15, -0.1) is 10.2 Å². The lowest BCUT2D eigenvalue weighted by molar-refractivity contribution is 0.810. The van der Waals surface area contributed by atoms with Gasteiger partial charge < -0.3 is 0 Å². The number of H-pyrrole nitrogens is 1. The maximum atomic E-state index is 4.65. The number of hydrogen-bond acceptors (Lipinski definition) is 5. The van der Waals surface area contributed by atoms with Crippen LogP contribution in [0.1, 0.15) is 36.0 Å². The standard InChI is InChI=1S/C16H16N6S/c1-10(2)12-9-13(18-17-12)15-19-20-16-22(15)21-14(23-16)8-11-6-4-3-5-7-11/h3-7,9-10H,8H2,1-2H3,(H,17,18). The van der Waals surface area contributed by atoms with Crippen molar-refractivity contribution in [2.75, 3.05) is 0 Å². The Morgan fingerprint density at radius 1 is 1.17 bits per heavy atom. The molecule has 3 aromatic heterocycles. The molecule has 0 saturated heterocycles. The van der Waals surface area contributed by atoms with E-state index in [1.165, 1.54) is 5.56 Å². The summed E-state index contributed by atoms with van der Waals surface area (Å²) < 4.78 is 1.78. The highest BCUT2D eigenvalue weighted by molar-refractivity contribution is 7.16. The maximum absolute atomic E-state index is 4.65. The van der Waals surface area contributed by atoms with Crippen LogP contribution in [-0.4, -0.2) is 30.0 Å². The van der Waals surface area contributed by atoms with Gasteiger partial charge in [0.15, 0.2) is 0 Å². The Morgan fingerprint density at radius 3 is 2.74 bits per heavy atom. The highest BCUT2D eigenvalue weighted by Crippen LogP contribution is 2.23. The molecule has 1 aromatic carbocycles. The first kappa shape index (κ1) is 14.1. The van der Waals surface area contributed by atoms with Crippen LogP contribution in [0.5, 0.6) is 0 Å². The number of aromatic amines is 1. The molecule has 6 nitrogen and oxygen atoms in total. The van der Waals surface area contributed by atoms with E-state index in [4.69, 9.17) is 0 Å². The average Bonchev–Trinajstić information content (AvgIpc) is 3.22. The Morgan fingerprint density at radius 2 is 2.00 bits per heavy atom. The average molecular weight is 324 g/mol. The molecular weight excluding hydrogens is 308 g/mol. The van der Waals surface area contributed by atoms with Crippen LogP contribution in [0.25, 0.3) is 16.5 Å². The summed E-state index contributed by atoms with van der Waals surface area (Å²) in [7, 11) is 0. The largest absolute Gasteiger partial charge is 0.282 e. The number of nitrogens with one attached hydrogen (secondary N) is 1. The minimum absolute atomic E-state index is 0.392. The molecule has 0 aliphatic carbocycles. The lowest BCUT2D eigenvalue weighted by Gasteiger charge is -1.96. The van der Waals surface area contributed by atoms with Crippen molar-refractivity contribution in [1.29, 1.82) is 0 Å². The molecule has 0 spiro atoms. The third kappa shape index (κ3) is 2.63. The first-order valence-electron chi connectivity index (χ1n) is 7.51. The third-order valence-corrected chi connectivity index (χ3v) is 4.58. The highest BCUT2D eigenvalue weighted by Gasteiger charge is 2.16. The van der Waals surface area contributed by atoms with Crippen molar-refractivity contribution in [2.45, 2.75) is 26.2 Å². The second-order valence-electron chi connectivity index (χ2n) is 5.74. The van der Waals surface area contributed by atoms with Crippen molar-refractivity contribution >= 4 is 16.3 Å². The van der Waals surface area contributed by atoms with Gasteiger partial charge in [-0.1, -0.05) is 55.5 Å². The summed E-state index contributed by atoms with van der Waals surface area (Å²) in [5.41, 5.74) is 3.09. The van der Waals surface area contributed by atoms with E-state index in [-0.39, 0.29) is 0 Å². The van der Waals surface area contributed by atoms with Crippen molar-refractivity contribution in [2.24, 2.45) is 0 Å². The van der Waals surface area contributed by atoms with Crippen LogP contribution in [0.4, 0.5) is 0 Å². The Bertz CT molecular complexity index is 934. The Labute approximate surface area is 137 Å². The Hall–Kier alpha value is -2.54. The van der Waals surface area contributed by atoms with Gasteiger partial charge in [0.1, 0.15) is 10.7 Å². The van der Waals surface area contributed by atoms with Crippen LogP contribution in [0, 0.1) is 0 Å². The summed E-state index contributed by atoms with van der Waals surface area (Å²) >= 11 is 1.56. The quantitative estimate of drug-likeness (QED) is 0.625. The zero-order chi connectivity index (χ0) is 15.8. The predicted molar refractivity (Wildman–Crippen MR) is 89.6 cm³/mol. The van der Waals surface area contributed by atoms with E-state index in [1.807, 2.05) is 24.3 Å². The van der Waals surface area contributed by atoms with Gasteiger partial charge >= 0.3 is 0 Å². The first-order chi connectivity index (χ1) is 11.2. The molecule has 3 heterocycles. The Kier molecular flexibility index (Phi) is 3.42. The zero-order valence-electron chi connectivity index (χ0n) is 12.9. The number of rotatable bonds is 4. The predicted octanol–water partition coefficient (Wildman–Crippen LogP) is 3.29. The number of benzene rings is 1. The summed E-state index contributed by atoms with van der Waals surface area (Å²) in [6, 6.07) is 12.3. The molecule has 0 aliphatic heterocycles. The molecular formula is C16H16N6S. The molecule has 0 unspecified atom stereocenters. The normalized spacial score (nSPS) is 11.6. The molecule has 0 fully saturated rings. The van der Waals surface area contributed by atoms with Crippen molar-refractivity contribution in [3.8, 4) is 11.5 Å². The smallest absolute Gasteiger partial charge is 0.235 e. The topological polar surface area (TPSA) is 71.8 Å². The molecule has 7 heteroatoms. The molecule has 0 atom stereocenters. The summed E-state index contributed by atoms with van der Waals surface area (Å²) in [6.07, 6.45) is 0.798. The van der Waals surface area contributed by atoms with Crippen LogP contribution in [0.15, 0.2) is 36.4 Å². The second kappa shape index (κ2) is 5.58. The van der Waals surface area contributed by atoms with Gasteiger partial charge in [0.25, 0.3) is 0 Å². The number of nitrogens with zero attached hydrogens (tertiary/aromatic N) is 5. The maximum Gasteiger partial charge on any atom is 0.235 e. The van der Waals surface area contributed by atoms with E-state index in [9.17, 15) is 0 Å². The van der Waals surface area contributed by atoms with Crippen molar-refractivity contribution in [3.05, 3.63) is 52.7 Å². The molecule has 0 bridgehead atoms. The fourth-order valence-corrected chi connectivity index (χ4v) is 3.27. The van der Waals surface area contributed by atoms with Gasteiger partial charge in [-0.25, -0.2) is 0 Å². The summed E-state index contributed by atoms with van der Waals surface area (Å²) in [4.78, 5) is 0.792. The lowest BCUT2D eigenvalue weighted by Crippen LogP contribution is -1.93. The molecule has 0 saturated carbocycles. The van der Waals surface area contributed by atoms with Crippen molar-refractivity contribution in [1.82, 2.24) is 30.0 Å².